The van der Waals surface area contributed by atoms with Gasteiger partial charge in [-0.1, -0.05) is 18.2 Å². The summed E-state index contributed by atoms with van der Waals surface area (Å²) in [5.74, 6) is 0.132. The van der Waals surface area contributed by atoms with Gasteiger partial charge >= 0.3 is 0 Å². The van der Waals surface area contributed by atoms with Crippen LogP contribution >= 0.6 is 0 Å². The SMILES string of the molecule is O=[C]C(Cc1ccccc1F)C1CC1. The highest BCUT2D eigenvalue weighted by Gasteiger charge is 2.31. The van der Waals surface area contributed by atoms with E-state index in [0.717, 1.165) is 12.8 Å². The molecule has 1 atom stereocenters. The lowest BCUT2D eigenvalue weighted by molar-refractivity contribution is 0.489. The van der Waals surface area contributed by atoms with E-state index in [4.69, 9.17) is 0 Å². The van der Waals surface area contributed by atoms with Crippen molar-refractivity contribution < 1.29 is 9.18 Å². The average molecular weight is 191 g/mol. The summed E-state index contributed by atoms with van der Waals surface area (Å²) in [6, 6.07) is 6.63. The summed E-state index contributed by atoms with van der Waals surface area (Å²) in [5.41, 5.74) is 0.632. The smallest absolute Gasteiger partial charge is 0.202 e. The fraction of sp³-hybridized carbons (Fsp3) is 0.417. The molecule has 0 bridgehead atoms. The van der Waals surface area contributed by atoms with E-state index >= 15 is 0 Å². The van der Waals surface area contributed by atoms with Crippen LogP contribution in [0.25, 0.3) is 0 Å². The fourth-order valence-corrected chi connectivity index (χ4v) is 1.70. The Hall–Kier alpha value is -1.18. The number of hydrogen-bond donors (Lipinski definition) is 0. The molecule has 0 N–H and O–H groups in total. The first kappa shape index (κ1) is 9.38. The minimum absolute atomic E-state index is 0.105. The van der Waals surface area contributed by atoms with Crippen molar-refractivity contribution in [1.29, 1.82) is 0 Å². The monoisotopic (exact) mass is 191 g/mol. The van der Waals surface area contributed by atoms with Crippen molar-refractivity contribution in [3.63, 3.8) is 0 Å². The van der Waals surface area contributed by atoms with E-state index in [0.29, 0.717) is 17.9 Å². The van der Waals surface area contributed by atoms with Crippen LogP contribution in [0, 0.1) is 17.7 Å². The van der Waals surface area contributed by atoms with E-state index in [9.17, 15) is 9.18 Å². The van der Waals surface area contributed by atoms with Crippen LogP contribution in [0.2, 0.25) is 0 Å². The van der Waals surface area contributed by atoms with E-state index in [1.54, 1.807) is 18.2 Å². The zero-order valence-electron chi connectivity index (χ0n) is 7.87. The summed E-state index contributed by atoms with van der Waals surface area (Å²) < 4.78 is 13.2. The van der Waals surface area contributed by atoms with Gasteiger partial charge in [0.05, 0.1) is 0 Å². The Morgan fingerprint density at radius 2 is 2.14 bits per heavy atom. The van der Waals surface area contributed by atoms with E-state index in [1.165, 1.54) is 6.07 Å². The molecule has 1 fully saturated rings. The molecular formula is C12H12FO. The predicted molar refractivity (Wildman–Crippen MR) is 52.0 cm³/mol. The third-order valence-electron chi connectivity index (χ3n) is 2.74. The molecule has 1 saturated carbocycles. The highest BCUT2D eigenvalue weighted by molar-refractivity contribution is 5.56. The van der Waals surface area contributed by atoms with Gasteiger partial charge in [-0.15, -0.1) is 0 Å². The Morgan fingerprint density at radius 1 is 1.43 bits per heavy atom. The van der Waals surface area contributed by atoms with Crippen molar-refractivity contribution in [2.75, 3.05) is 0 Å². The molecule has 1 radical (unpaired) electrons. The molecule has 1 aromatic carbocycles. The van der Waals surface area contributed by atoms with Crippen LogP contribution in [0.4, 0.5) is 4.39 Å². The largest absolute Gasteiger partial charge is 0.291 e. The average Bonchev–Trinajstić information content (AvgIpc) is 3.00. The van der Waals surface area contributed by atoms with Crippen LogP contribution in [-0.4, -0.2) is 6.29 Å². The zero-order chi connectivity index (χ0) is 9.97. The van der Waals surface area contributed by atoms with Gasteiger partial charge in [0.1, 0.15) is 5.82 Å². The summed E-state index contributed by atoms with van der Waals surface area (Å²) in [5, 5.41) is 0. The van der Waals surface area contributed by atoms with Gasteiger partial charge in [0, 0.05) is 5.92 Å². The number of halogens is 1. The number of rotatable bonds is 4. The summed E-state index contributed by atoms with van der Waals surface area (Å²) in [7, 11) is 0. The van der Waals surface area contributed by atoms with Crippen molar-refractivity contribution in [1.82, 2.24) is 0 Å². The Kier molecular flexibility index (Phi) is 2.62. The van der Waals surface area contributed by atoms with E-state index < -0.39 is 0 Å². The van der Waals surface area contributed by atoms with Gasteiger partial charge in [-0.2, -0.15) is 0 Å². The Balaban J connectivity index is 2.08. The first-order chi connectivity index (χ1) is 6.81. The molecule has 14 heavy (non-hydrogen) atoms. The van der Waals surface area contributed by atoms with Gasteiger partial charge < -0.3 is 0 Å². The van der Waals surface area contributed by atoms with Gasteiger partial charge in [0.2, 0.25) is 6.29 Å². The minimum atomic E-state index is -0.214. The summed E-state index contributed by atoms with van der Waals surface area (Å²) in [6.07, 6.45) is 4.71. The standard InChI is InChI=1S/C12H12FO/c13-12-4-2-1-3-10(12)7-11(8-14)9-5-6-9/h1-4,9,11H,5-7H2. The highest BCUT2D eigenvalue weighted by atomic mass is 19.1. The molecular weight excluding hydrogens is 179 g/mol. The van der Waals surface area contributed by atoms with Gasteiger partial charge in [-0.25, -0.2) is 4.39 Å². The van der Waals surface area contributed by atoms with Gasteiger partial charge in [-0.05, 0) is 36.8 Å². The molecule has 73 valence electrons. The molecule has 1 aromatic rings. The van der Waals surface area contributed by atoms with Crippen molar-refractivity contribution in [3.8, 4) is 0 Å². The van der Waals surface area contributed by atoms with Crippen molar-refractivity contribution >= 4 is 6.29 Å². The molecule has 1 unspecified atom stereocenters. The molecule has 1 aliphatic carbocycles. The van der Waals surface area contributed by atoms with E-state index in [2.05, 4.69) is 0 Å². The lowest BCUT2D eigenvalue weighted by Crippen LogP contribution is -2.09. The highest BCUT2D eigenvalue weighted by Crippen LogP contribution is 2.37. The van der Waals surface area contributed by atoms with Crippen LogP contribution in [0.1, 0.15) is 18.4 Å². The lowest BCUT2D eigenvalue weighted by Gasteiger charge is -2.08. The maximum atomic E-state index is 13.2. The fourth-order valence-electron chi connectivity index (χ4n) is 1.70. The molecule has 2 heteroatoms. The van der Waals surface area contributed by atoms with Gasteiger partial charge in [0.15, 0.2) is 0 Å². The van der Waals surface area contributed by atoms with Crippen LogP contribution < -0.4 is 0 Å². The van der Waals surface area contributed by atoms with Crippen LogP contribution in [0.3, 0.4) is 0 Å². The second-order valence-electron chi connectivity index (χ2n) is 3.86. The predicted octanol–water partition coefficient (Wildman–Crippen LogP) is 2.50. The summed E-state index contributed by atoms with van der Waals surface area (Å²) in [6.45, 7) is 0. The molecule has 2 rings (SSSR count). The maximum absolute atomic E-state index is 13.2. The molecule has 0 aliphatic heterocycles. The topological polar surface area (TPSA) is 17.1 Å². The van der Waals surface area contributed by atoms with Crippen molar-refractivity contribution in [3.05, 3.63) is 35.6 Å². The van der Waals surface area contributed by atoms with Gasteiger partial charge in [0.25, 0.3) is 0 Å². The molecule has 1 aliphatic rings. The van der Waals surface area contributed by atoms with Crippen molar-refractivity contribution in [2.24, 2.45) is 11.8 Å². The second-order valence-corrected chi connectivity index (χ2v) is 3.86. The Morgan fingerprint density at radius 3 is 2.71 bits per heavy atom. The minimum Gasteiger partial charge on any atom is -0.291 e. The number of hydrogen-bond acceptors (Lipinski definition) is 1. The Bertz CT molecular complexity index is 331. The summed E-state index contributed by atoms with van der Waals surface area (Å²) >= 11 is 0. The van der Waals surface area contributed by atoms with Crippen molar-refractivity contribution in [2.45, 2.75) is 19.3 Å². The first-order valence-electron chi connectivity index (χ1n) is 4.92. The number of carbonyl (C=O) groups excluding carboxylic acids is 1. The third kappa shape index (κ3) is 2.00. The van der Waals surface area contributed by atoms with Gasteiger partial charge in [-0.3, -0.25) is 4.79 Å². The molecule has 0 aromatic heterocycles. The normalized spacial score (nSPS) is 17.8. The van der Waals surface area contributed by atoms with Crippen LogP contribution in [0.15, 0.2) is 24.3 Å². The molecule has 0 saturated heterocycles. The zero-order valence-corrected chi connectivity index (χ0v) is 7.87. The lowest BCUT2D eigenvalue weighted by atomic mass is 9.96. The van der Waals surface area contributed by atoms with E-state index in [-0.39, 0.29) is 11.7 Å². The Labute approximate surface area is 82.9 Å². The quantitative estimate of drug-likeness (QED) is 0.714. The second kappa shape index (κ2) is 3.91. The van der Waals surface area contributed by atoms with Crippen LogP contribution in [0.5, 0.6) is 0 Å². The van der Waals surface area contributed by atoms with Crippen LogP contribution in [-0.2, 0) is 11.2 Å². The molecule has 1 nitrogen and oxygen atoms in total. The summed E-state index contributed by atoms with van der Waals surface area (Å²) in [4.78, 5) is 10.7. The third-order valence-corrected chi connectivity index (χ3v) is 2.74. The first-order valence-corrected chi connectivity index (χ1v) is 4.92. The molecule has 0 spiro atoms. The molecule has 0 amide bonds. The number of benzene rings is 1. The van der Waals surface area contributed by atoms with E-state index in [1.807, 2.05) is 6.29 Å². The maximum Gasteiger partial charge on any atom is 0.202 e. The molecule has 0 heterocycles.